The van der Waals surface area contributed by atoms with Crippen LogP contribution in [0.5, 0.6) is 0 Å². The molecule has 0 atom stereocenters. The van der Waals surface area contributed by atoms with E-state index >= 15 is 0 Å². The predicted octanol–water partition coefficient (Wildman–Crippen LogP) is 3.69. The molecule has 4 rings (SSSR count). The van der Waals surface area contributed by atoms with Crippen molar-refractivity contribution in [3.8, 4) is 0 Å². The Hall–Kier alpha value is -2.72. The Balaban J connectivity index is 1.34. The number of pyridine rings is 1. The van der Waals surface area contributed by atoms with E-state index in [-0.39, 0.29) is 11.3 Å². The fourth-order valence-corrected chi connectivity index (χ4v) is 4.34. The van der Waals surface area contributed by atoms with Crippen LogP contribution in [0, 0.1) is 0 Å². The van der Waals surface area contributed by atoms with Crippen molar-refractivity contribution in [1.29, 1.82) is 0 Å². The van der Waals surface area contributed by atoms with Gasteiger partial charge in [0.15, 0.2) is 0 Å². The lowest BCUT2D eigenvalue weighted by Gasteiger charge is -2.39. The zero-order valence-corrected chi connectivity index (χ0v) is 16.6. The Morgan fingerprint density at radius 1 is 1.11 bits per heavy atom. The third kappa shape index (κ3) is 3.92. The molecule has 2 heterocycles. The van der Waals surface area contributed by atoms with E-state index in [1.54, 1.807) is 0 Å². The van der Waals surface area contributed by atoms with Gasteiger partial charge in [-0.15, -0.1) is 0 Å². The average Bonchev–Trinajstić information content (AvgIpc) is 2.68. The molecule has 2 aromatic carbocycles. The van der Waals surface area contributed by atoms with E-state index in [2.05, 4.69) is 77.6 Å². The minimum atomic E-state index is 0.0593. The zero-order chi connectivity index (χ0) is 19.6. The van der Waals surface area contributed by atoms with E-state index in [1.807, 2.05) is 12.3 Å². The molecule has 0 aliphatic carbocycles. The largest absolute Gasteiger partial charge is 0.355 e. The third-order valence-corrected chi connectivity index (χ3v) is 5.56. The lowest BCUT2D eigenvalue weighted by atomic mass is 9.78. The molecule has 0 saturated carbocycles. The number of nitrogens with zero attached hydrogens (tertiary/aromatic N) is 2. The van der Waals surface area contributed by atoms with E-state index in [1.165, 1.54) is 16.7 Å². The summed E-state index contributed by atoms with van der Waals surface area (Å²) in [7, 11) is 0. The van der Waals surface area contributed by atoms with Crippen LogP contribution in [0.3, 0.4) is 0 Å². The molecule has 1 aliphatic rings. The summed E-state index contributed by atoms with van der Waals surface area (Å²) in [6.45, 7) is 7.30. The fourth-order valence-electron chi connectivity index (χ4n) is 4.34. The van der Waals surface area contributed by atoms with Crippen molar-refractivity contribution >= 4 is 16.8 Å². The SMILES string of the molecule is CC1(C)CN(CC(=O)NCCc2cccc3cccnc23)Cc2ccccc21. The maximum Gasteiger partial charge on any atom is 0.234 e. The number of amides is 1. The minimum absolute atomic E-state index is 0.0593. The van der Waals surface area contributed by atoms with Crippen molar-refractivity contribution in [2.75, 3.05) is 19.6 Å². The van der Waals surface area contributed by atoms with Gasteiger partial charge in [0.25, 0.3) is 0 Å². The maximum atomic E-state index is 12.5. The van der Waals surface area contributed by atoms with E-state index in [4.69, 9.17) is 0 Å². The smallest absolute Gasteiger partial charge is 0.234 e. The van der Waals surface area contributed by atoms with Gasteiger partial charge in [0.05, 0.1) is 12.1 Å². The summed E-state index contributed by atoms with van der Waals surface area (Å²) in [4.78, 5) is 19.3. The monoisotopic (exact) mass is 373 g/mol. The Labute approximate surface area is 166 Å². The van der Waals surface area contributed by atoms with Gasteiger partial charge in [0.1, 0.15) is 0 Å². The Kier molecular flexibility index (Phi) is 5.14. The summed E-state index contributed by atoms with van der Waals surface area (Å²) in [6, 6.07) is 18.8. The third-order valence-electron chi connectivity index (χ3n) is 5.56. The summed E-state index contributed by atoms with van der Waals surface area (Å²) >= 11 is 0. The molecule has 3 aromatic rings. The molecular weight excluding hydrogens is 346 g/mol. The molecule has 28 heavy (non-hydrogen) atoms. The van der Waals surface area contributed by atoms with Crippen LogP contribution in [0.25, 0.3) is 10.9 Å². The van der Waals surface area contributed by atoms with Crippen molar-refractivity contribution < 1.29 is 4.79 Å². The summed E-state index contributed by atoms with van der Waals surface area (Å²) in [5.74, 6) is 0.0865. The fraction of sp³-hybridized carbons (Fsp3) is 0.333. The van der Waals surface area contributed by atoms with Crippen LogP contribution >= 0.6 is 0 Å². The maximum absolute atomic E-state index is 12.5. The second-order valence-electron chi connectivity index (χ2n) is 8.28. The summed E-state index contributed by atoms with van der Waals surface area (Å²) in [6.07, 6.45) is 2.61. The van der Waals surface area contributed by atoms with Crippen molar-refractivity contribution in [2.24, 2.45) is 0 Å². The first-order chi connectivity index (χ1) is 13.5. The second-order valence-corrected chi connectivity index (χ2v) is 8.28. The van der Waals surface area contributed by atoms with Gasteiger partial charge in [-0.1, -0.05) is 62.4 Å². The molecule has 0 spiro atoms. The number of carbonyl (C=O) groups excluding carboxylic acids is 1. The van der Waals surface area contributed by atoms with E-state index < -0.39 is 0 Å². The first-order valence-corrected chi connectivity index (χ1v) is 9.93. The molecule has 0 fully saturated rings. The molecule has 144 valence electrons. The summed E-state index contributed by atoms with van der Waals surface area (Å²) < 4.78 is 0. The van der Waals surface area contributed by atoms with Gasteiger partial charge in [-0.25, -0.2) is 0 Å². The van der Waals surface area contributed by atoms with Gasteiger partial charge < -0.3 is 5.32 Å². The summed E-state index contributed by atoms with van der Waals surface area (Å²) in [5.41, 5.74) is 4.98. The van der Waals surface area contributed by atoms with Gasteiger partial charge >= 0.3 is 0 Å². The number of hydrogen-bond donors (Lipinski definition) is 1. The lowest BCUT2D eigenvalue weighted by Crippen LogP contribution is -2.46. The number of fused-ring (bicyclic) bond motifs is 2. The highest BCUT2D eigenvalue weighted by Gasteiger charge is 2.31. The molecule has 1 N–H and O–H groups in total. The molecule has 4 heteroatoms. The van der Waals surface area contributed by atoms with Crippen molar-refractivity contribution in [1.82, 2.24) is 15.2 Å². The van der Waals surface area contributed by atoms with Crippen LogP contribution < -0.4 is 5.32 Å². The van der Waals surface area contributed by atoms with Gasteiger partial charge in [0, 0.05) is 36.6 Å². The highest BCUT2D eigenvalue weighted by Crippen LogP contribution is 2.32. The minimum Gasteiger partial charge on any atom is -0.355 e. The number of carbonyl (C=O) groups is 1. The molecule has 0 radical (unpaired) electrons. The molecule has 1 amide bonds. The molecule has 1 aliphatic heterocycles. The van der Waals surface area contributed by atoms with Crippen LogP contribution in [0.15, 0.2) is 60.8 Å². The molecule has 1 aromatic heterocycles. The van der Waals surface area contributed by atoms with E-state index in [9.17, 15) is 4.79 Å². The number of aromatic nitrogens is 1. The van der Waals surface area contributed by atoms with Gasteiger partial charge in [0.2, 0.25) is 5.91 Å². The molecule has 0 bridgehead atoms. The molecule has 4 nitrogen and oxygen atoms in total. The first-order valence-electron chi connectivity index (χ1n) is 9.93. The van der Waals surface area contributed by atoms with E-state index in [0.29, 0.717) is 13.1 Å². The van der Waals surface area contributed by atoms with Crippen molar-refractivity contribution in [3.63, 3.8) is 0 Å². The Bertz CT molecular complexity index is 991. The van der Waals surface area contributed by atoms with Crippen molar-refractivity contribution in [3.05, 3.63) is 77.5 Å². The summed E-state index contributed by atoms with van der Waals surface area (Å²) in [5, 5.41) is 4.23. The number of nitrogens with one attached hydrogen (secondary N) is 1. The lowest BCUT2D eigenvalue weighted by molar-refractivity contribution is -0.122. The van der Waals surface area contributed by atoms with Crippen LogP contribution in [0.4, 0.5) is 0 Å². The van der Waals surface area contributed by atoms with Crippen LogP contribution in [0.1, 0.15) is 30.5 Å². The van der Waals surface area contributed by atoms with Gasteiger partial charge in [-0.3, -0.25) is 14.7 Å². The number of rotatable bonds is 5. The molecular formula is C24H27N3O. The van der Waals surface area contributed by atoms with Crippen LogP contribution in [0.2, 0.25) is 0 Å². The van der Waals surface area contributed by atoms with Crippen LogP contribution in [-0.4, -0.2) is 35.4 Å². The molecule has 0 unspecified atom stereocenters. The highest BCUT2D eigenvalue weighted by atomic mass is 16.2. The normalized spacial score (nSPS) is 15.9. The van der Waals surface area contributed by atoms with Crippen molar-refractivity contribution in [2.45, 2.75) is 32.2 Å². The Morgan fingerprint density at radius 2 is 1.93 bits per heavy atom. The standard InChI is InChI=1S/C24H27N3O/c1-24(2)17-27(15-20-7-3-4-11-21(20)24)16-22(28)25-14-12-19-9-5-8-18-10-6-13-26-23(18)19/h3-11,13H,12,14-17H2,1-2H3,(H,25,28). The Morgan fingerprint density at radius 3 is 2.82 bits per heavy atom. The van der Waals surface area contributed by atoms with Gasteiger partial charge in [-0.05, 0) is 29.2 Å². The number of para-hydroxylation sites is 1. The topological polar surface area (TPSA) is 45.2 Å². The zero-order valence-electron chi connectivity index (χ0n) is 16.6. The average molecular weight is 374 g/mol. The first kappa shape index (κ1) is 18.6. The highest BCUT2D eigenvalue weighted by molar-refractivity contribution is 5.82. The number of hydrogen-bond acceptors (Lipinski definition) is 3. The number of benzene rings is 2. The second kappa shape index (κ2) is 7.72. The quantitative estimate of drug-likeness (QED) is 0.742. The predicted molar refractivity (Wildman–Crippen MR) is 113 cm³/mol. The van der Waals surface area contributed by atoms with E-state index in [0.717, 1.165) is 30.4 Å². The molecule has 0 saturated heterocycles. The van der Waals surface area contributed by atoms with Gasteiger partial charge in [-0.2, -0.15) is 0 Å². The van der Waals surface area contributed by atoms with Crippen LogP contribution in [-0.2, 0) is 23.2 Å².